The van der Waals surface area contributed by atoms with Gasteiger partial charge in [0.1, 0.15) is 0 Å². The number of nitrogens with zero attached hydrogens (tertiary/aromatic N) is 1. The highest BCUT2D eigenvalue weighted by molar-refractivity contribution is 7.09. The lowest BCUT2D eigenvalue weighted by atomic mass is 10.1. The number of amides is 1. The SMILES string of the molecule is O=C(COC(=O)/C=C/c1cc2c(cc1[N+](=O)[O-])OCO2)NCc1cccs1. The molecular formula is C17H14N2O7S. The highest BCUT2D eigenvalue weighted by atomic mass is 32.1. The van der Waals surface area contributed by atoms with Crippen LogP contribution in [-0.2, 0) is 20.9 Å². The standard InChI is InChI=1S/C17H14N2O7S/c20-16(18-8-12-2-1-5-27-12)9-24-17(21)4-3-11-6-14-15(26-10-25-14)7-13(11)19(22)23/h1-7H,8-10H2,(H,18,20)/b4-3+. The maximum Gasteiger partial charge on any atom is 0.331 e. The lowest BCUT2D eigenvalue weighted by molar-refractivity contribution is -0.385. The van der Waals surface area contributed by atoms with Gasteiger partial charge >= 0.3 is 5.97 Å². The third kappa shape index (κ3) is 4.82. The second kappa shape index (κ2) is 8.32. The van der Waals surface area contributed by atoms with Crippen molar-refractivity contribution in [1.29, 1.82) is 0 Å². The molecule has 10 heteroatoms. The van der Waals surface area contributed by atoms with Crippen molar-refractivity contribution in [3.05, 3.63) is 56.3 Å². The molecule has 0 saturated heterocycles. The van der Waals surface area contributed by atoms with E-state index in [0.29, 0.717) is 12.3 Å². The van der Waals surface area contributed by atoms with E-state index in [2.05, 4.69) is 5.32 Å². The Morgan fingerprint density at radius 1 is 1.33 bits per heavy atom. The Morgan fingerprint density at radius 2 is 2.11 bits per heavy atom. The van der Waals surface area contributed by atoms with Gasteiger partial charge in [-0.05, 0) is 23.6 Å². The smallest absolute Gasteiger partial charge is 0.331 e. The van der Waals surface area contributed by atoms with Crippen LogP contribution >= 0.6 is 11.3 Å². The number of hydrogen-bond acceptors (Lipinski definition) is 8. The lowest BCUT2D eigenvalue weighted by Gasteiger charge is -2.04. The molecule has 0 saturated carbocycles. The number of thiophene rings is 1. The van der Waals surface area contributed by atoms with Gasteiger partial charge in [0.25, 0.3) is 11.6 Å². The van der Waals surface area contributed by atoms with Crippen LogP contribution in [0.25, 0.3) is 6.08 Å². The first kappa shape index (κ1) is 18.4. The molecule has 0 atom stereocenters. The Balaban J connectivity index is 1.55. The summed E-state index contributed by atoms with van der Waals surface area (Å²) in [5.74, 6) is -0.627. The molecule has 0 aliphatic carbocycles. The Morgan fingerprint density at radius 3 is 2.81 bits per heavy atom. The molecule has 1 aliphatic heterocycles. The molecule has 3 rings (SSSR count). The first-order chi connectivity index (χ1) is 13.0. The fourth-order valence-electron chi connectivity index (χ4n) is 2.23. The van der Waals surface area contributed by atoms with Gasteiger partial charge < -0.3 is 19.5 Å². The number of rotatable bonds is 7. The largest absolute Gasteiger partial charge is 0.454 e. The fourth-order valence-corrected chi connectivity index (χ4v) is 2.88. The van der Waals surface area contributed by atoms with E-state index in [1.807, 2.05) is 17.5 Å². The van der Waals surface area contributed by atoms with Gasteiger partial charge in [-0.25, -0.2) is 4.79 Å². The fraction of sp³-hybridized carbons (Fsp3) is 0.176. The number of carbonyl (C=O) groups is 2. The highest BCUT2D eigenvalue weighted by Gasteiger charge is 2.22. The summed E-state index contributed by atoms with van der Waals surface area (Å²) in [6, 6.07) is 6.37. The minimum absolute atomic E-state index is 0.0255. The van der Waals surface area contributed by atoms with E-state index in [0.717, 1.165) is 11.0 Å². The second-order valence-electron chi connectivity index (χ2n) is 5.32. The van der Waals surface area contributed by atoms with Gasteiger partial charge in [0, 0.05) is 11.0 Å². The van der Waals surface area contributed by atoms with Gasteiger partial charge in [0.15, 0.2) is 18.1 Å². The Bertz CT molecular complexity index is 893. The Kier molecular flexibility index (Phi) is 5.67. The number of hydrogen-bond donors (Lipinski definition) is 1. The Labute approximate surface area is 157 Å². The van der Waals surface area contributed by atoms with E-state index >= 15 is 0 Å². The number of nitrogens with one attached hydrogen (secondary N) is 1. The molecule has 1 aromatic carbocycles. The van der Waals surface area contributed by atoms with Gasteiger partial charge in [0.2, 0.25) is 6.79 Å². The van der Waals surface area contributed by atoms with E-state index in [9.17, 15) is 19.7 Å². The van der Waals surface area contributed by atoms with Crippen LogP contribution in [0.4, 0.5) is 5.69 Å². The number of benzene rings is 1. The number of nitro groups is 1. The molecule has 0 radical (unpaired) electrons. The van der Waals surface area contributed by atoms with Crippen LogP contribution < -0.4 is 14.8 Å². The minimum atomic E-state index is -0.798. The van der Waals surface area contributed by atoms with Crippen LogP contribution in [0.15, 0.2) is 35.7 Å². The summed E-state index contributed by atoms with van der Waals surface area (Å²) in [6.45, 7) is -0.118. The molecule has 0 unspecified atom stereocenters. The van der Waals surface area contributed by atoms with Crippen LogP contribution in [0.3, 0.4) is 0 Å². The normalized spacial score (nSPS) is 12.1. The van der Waals surface area contributed by atoms with Gasteiger partial charge in [-0.3, -0.25) is 14.9 Å². The molecule has 1 aromatic heterocycles. The number of ether oxygens (including phenoxy) is 3. The van der Waals surface area contributed by atoms with Crippen LogP contribution in [-0.4, -0.2) is 30.2 Å². The predicted molar refractivity (Wildman–Crippen MR) is 95.4 cm³/mol. The summed E-state index contributed by atoms with van der Waals surface area (Å²) < 4.78 is 15.1. The van der Waals surface area contributed by atoms with Crippen molar-refractivity contribution in [1.82, 2.24) is 5.32 Å². The lowest BCUT2D eigenvalue weighted by Crippen LogP contribution is -2.27. The van der Waals surface area contributed by atoms with E-state index in [4.69, 9.17) is 14.2 Å². The van der Waals surface area contributed by atoms with Crippen molar-refractivity contribution in [3.63, 3.8) is 0 Å². The van der Waals surface area contributed by atoms with Crippen molar-refractivity contribution in [3.8, 4) is 11.5 Å². The average molecular weight is 390 g/mol. The van der Waals surface area contributed by atoms with Crippen molar-refractivity contribution in [2.45, 2.75) is 6.54 Å². The maximum absolute atomic E-state index is 11.8. The summed E-state index contributed by atoms with van der Waals surface area (Å²) in [7, 11) is 0. The summed E-state index contributed by atoms with van der Waals surface area (Å²) in [5, 5.41) is 15.7. The molecule has 9 nitrogen and oxygen atoms in total. The maximum atomic E-state index is 11.8. The van der Waals surface area contributed by atoms with Crippen LogP contribution in [0.5, 0.6) is 11.5 Å². The third-order valence-electron chi connectivity index (χ3n) is 3.50. The summed E-state index contributed by atoms with van der Waals surface area (Å²) in [4.78, 5) is 35.0. The number of nitro benzene ring substituents is 1. The van der Waals surface area contributed by atoms with Crippen molar-refractivity contribution < 1.29 is 28.7 Å². The first-order valence-electron chi connectivity index (χ1n) is 7.75. The molecule has 0 fully saturated rings. The summed E-state index contributed by atoms with van der Waals surface area (Å²) in [5.41, 5.74) is -0.0830. The molecular weight excluding hydrogens is 376 g/mol. The summed E-state index contributed by atoms with van der Waals surface area (Å²) in [6.07, 6.45) is 2.24. The molecule has 0 bridgehead atoms. The molecule has 140 valence electrons. The molecule has 1 amide bonds. The Hall–Kier alpha value is -3.40. The molecule has 2 aromatic rings. The van der Waals surface area contributed by atoms with Gasteiger partial charge in [-0.1, -0.05) is 6.07 Å². The molecule has 1 aliphatic rings. The monoisotopic (exact) mass is 390 g/mol. The zero-order chi connectivity index (χ0) is 19.2. The molecule has 1 N–H and O–H groups in total. The van der Waals surface area contributed by atoms with E-state index < -0.39 is 23.4 Å². The molecule has 2 heterocycles. The number of carbonyl (C=O) groups excluding carboxylic acids is 2. The molecule has 27 heavy (non-hydrogen) atoms. The van der Waals surface area contributed by atoms with Crippen LogP contribution in [0.2, 0.25) is 0 Å². The third-order valence-corrected chi connectivity index (χ3v) is 4.38. The van der Waals surface area contributed by atoms with Gasteiger partial charge in [0.05, 0.1) is 23.1 Å². The van der Waals surface area contributed by atoms with Crippen molar-refractivity contribution in [2.75, 3.05) is 13.4 Å². The van der Waals surface area contributed by atoms with Crippen molar-refractivity contribution >= 4 is 35.0 Å². The van der Waals surface area contributed by atoms with Crippen molar-refractivity contribution in [2.24, 2.45) is 0 Å². The van der Waals surface area contributed by atoms with Gasteiger partial charge in [-0.2, -0.15) is 0 Å². The van der Waals surface area contributed by atoms with E-state index in [-0.39, 0.29) is 23.8 Å². The van der Waals surface area contributed by atoms with E-state index in [1.165, 1.54) is 29.5 Å². The van der Waals surface area contributed by atoms with Crippen LogP contribution in [0.1, 0.15) is 10.4 Å². The highest BCUT2D eigenvalue weighted by Crippen LogP contribution is 2.38. The zero-order valence-corrected chi connectivity index (χ0v) is 14.7. The van der Waals surface area contributed by atoms with Crippen LogP contribution in [0, 0.1) is 10.1 Å². The second-order valence-corrected chi connectivity index (χ2v) is 6.35. The predicted octanol–water partition coefficient (Wildman–Crippen LogP) is 2.26. The van der Waals surface area contributed by atoms with Gasteiger partial charge in [-0.15, -0.1) is 11.3 Å². The van der Waals surface area contributed by atoms with E-state index in [1.54, 1.807) is 0 Å². The first-order valence-corrected chi connectivity index (χ1v) is 8.63. The summed E-state index contributed by atoms with van der Waals surface area (Å²) >= 11 is 1.50. The molecule has 0 spiro atoms. The zero-order valence-electron chi connectivity index (χ0n) is 13.9. The topological polar surface area (TPSA) is 117 Å². The average Bonchev–Trinajstić information content (AvgIpc) is 3.33. The number of esters is 1. The number of fused-ring (bicyclic) bond motifs is 1. The minimum Gasteiger partial charge on any atom is -0.454 e. The quantitative estimate of drug-likeness (QED) is 0.333.